The zero-order chi connectivity index (χ0) is 13.9. The maximum atomic E-state index is 12.6. The normalized spacial score (nSPS) is 20.9. The molecule has 0 unspecified atom stereocenters. The first-order valence-corrected chi connectivity index (χ1v) is 7.30. The van der Waals surface area contributed by atoms with Crippen LogP contribution in [-0.2, 0) is 17.8 Å². The molecule has 3 nitrogen and oxygen atoms in total. The second-order valence-electron chi connectivity index (χ2n) is 5.77. The minimum atomic E-state index is -0.128. The number of carbonyl (C=O) groups excluding carboxylic acids is 1. The Morgan fingerprint density at radius 2 is 2.10 bits per heavy atom. The SMILES string of the molecule is C#CCN(CC1CC1)C(=O)[C@@H]1Cc2ccccc2CN1. The van der Waals surface area contributed by atoms with Crippen molar-refractivity contribution in [3.8, 4) is 12.3 Å². The lowest BCUT2D eigenvalue weighted by Gasteiger charge is -2.30. The summed E-state index contributed by atoms with van der Waals surface area (Å²) in [4.78, 5) is 14.5. The van der Waals surface area contributed by atoms with Crippen LogP contribution in [0.25, 0.3) is 0 Å². The Hall–Kier alpha value is -1.79. The number of fused-ring (bicyclic) bond motifs is 1. The topological polar surface area (TPSA) is 32.3 Å². The van der Waals surface area contributed by atoms with Gasteiger partial charge in [-0.25, -0.2) is 0 Å². The molecule has 104 valence electrons. The average Bonchev–Trinajstić information content (AvgIpc) is 3.29. The van der Waals surface area contributed by atoms with Gasteiger partial charge in [0, 0.05) is 13.1 Å². The molecule has 3 rings (SSSR count). The molecule has 2 aliphatic rings. The van der Waals surface area contributed by atoms with Crippen LogP contribution in [0.5, 0.6) is 0 Å². The maximum absolute atomic E-state index is 12.6. The van der Waals surface area contributed by atoms with Crippen molar-refractivity contribution in [3.63, 3.8) is 0 Å². The smallest absolute Gasteiger partial charge is 0.240 e. The highest BCUT2D eigenvalue weighted by Crippen LogP contribution is 2.30. The summed E-state index contributed by atoms with van der Waals surface area (Å²) in [5.74, 6) is 3.44. The molecule has 1 saturated carbocycles. The number of nitrogens with one attached hydrogen (secondary N) is 1. The van der Waals surface area contributed by atoms with Gasteiger partial charge in [0.15, 0.2) is 0 Å². The standard InChI is InChI=1S/C17H20N2O/c1-2-9-19(12-13-7-8-13)17(20)16-10-14-5-3-4-6-15(14)11-18-16/h1,3-6,13,16,18H,7-12H2/t16-/m0/s1. The Balaban J connectivity index is 1.69. The molecular formula is C17H20N2O. The van der Waals surface area contributed by atoms with Gasteiger partial charge in [-0.2, -0.15) is 0 Å². The molecule has 0 bridgehead atoms. The fraction of sp³-hybridized carbons (Fsp3) is 0.471. The molecule has 1 fully saturated rings. The van der Waals surface area contributed by atoms with Crippen LogP contribution in [0.15, 0.2) is 24.3 Å². The number of nitrogens with zero attached hydrogens (tertiary/aromatic N) is 1. The molecule has 1 N–H and O–H groups in total. The van der Waals surface area contributed by atoms with Crippen molar-refractivity contribution in [1.82, 2.24) is 10.2 Å². The molecule has 1 heterocycles. The summed E-state index contributed by atoms with van der Waals surface area (Å²) in [5, 5.41) is 3.35. The fourth-order valence-electron chi connectivity index (χ4n) is 2.80. The maximum Gasteiger partial charge on any atom is 0.240 e. The van der Waals surface area contributed by atoms with Gasteiger partial charge in [0.05, 0.1) is 12.6 Å². The number of rotatable bonds is 4. The highest BCUT2D eigenvalue weighted by molar-refractivity contribution is 5.83. The molecule has 0 radical (unpaired) electrons. The number of hydrogen-bond acceptors (Lipinski definition) is 2. The first-order valence-electron chi connectivity index (χ1n) is 7.30. The van der Waals surface area contributed by atoms with Gasteiger partial charge in [0.1, 0.15) is 0 Å². The quantitative estimate of drug-likeness (QED) is 0.841. The van der Waals surface area contributed by atoms with Crippen LogP contribution in [-0.4, -0.2) is 29.9 Å². The van der Waals surface area contributed by atoms with Gasteiger partial charge >= 0.3 is 0 Å². The first kappa shape index (κ1) is 13.2. The molecule has 1 aromatic carbocycles. The zero-order valence-electron chi connectivity index (χ0n) is 11.6. The number of benzene rings is 1. The lowest BCUT2D eigenvalue weighted by Crippen LogP contribution is -2.50. The summed E-state index contributed by atoms with van der Waals surface area (Å²) in [6, 6.07) is 8.18. The van der Waals surface area contributed by atoms with Crippen molar-refractivity contribution < 1.29 is 4.79 Å². The third kappa shape index (κ3) is 2.86. The molecule has 1 aliphatic heterocycles. The number of amides is 1. The first-order chi connectivity index (χ1) is 9.78. The number of carbonyl (C=O) groups is 1. The minimum absolute atomic E-state index is 0.128. The van der Waals surface area contributed by atoms with Crippen LogP contribution in [0.3, 0.4) is 0 Å². The van der Waals surface area contributed by atoms with E-state index in [9.17, 15) is 4.79 Å². The van der Waals surface area contributed by atoms with Crippen molar-refractivity contribution >= 4 is 5.91 Å². The number of hydrogen-bond donors (Lipinski definition) is 1. The zero-order valence-corrected chi connectivity index (χ0v) is 11.6. The van der Waals surface area contributed by atoms with Gasteiger partial charge in [0.2, 0.25) is 5.91 Å². The van der Waals surface area contributed by atoms with E-state index in [1.807, 2.05) is 17.0 Å². The van der Waals surface area contributed by atoms with Gasteiger partial charge in [0.25, 0.3) is 0 Å². The van der Waals surface area contributed by atoms with E-state index in [4.69, 9.17) is 6.42 Å². The molecule has 1 aromatic rings. The third-order valence-corrected chi connectivity index (χ3v) is 4.15. The Labute approximate surface area is 120 Å². The highest BCUT2D eigenvalue weighted by atomic mass is 16.2. The van der Waals surface area contributed by atoms with Crippen LogP contribution < -0.4 is 5.32 Å². The van der Waals surface area contributed by atoms with Crippen molar-refractivity contribution in [1.29, 1.82) is 0 Å². The molecule has 1 atom stereocenters. The van der Waals surface area contributed by atoms with Crippen LogP contribution in [0.4, 0.5) is 0 Å². The summed E-state index contributed by atoms with van der Waals surface area (Å²) in [6.45, 7) is 2.01. The monoisotopic (exact) mass is 268 g/mol. The molecule has 1 amide bonds. The summed E-state index contributed by atoms with van der Waals surface area (Å²) < 4.78 is 0. The lowest BCUT2D eigenvalue weighted by atomic mass is 9.95. The van der Waals surface area contributed by atoms with E-state index in [-0.39, 0.29) is 11.9 Å². The van der Waals surface area contributed by atoms with Crippen LogP contribution >= 0.6 is 0 Å². The van der Waals surface area contributed by atoms with Gasteiger partial charge in [-0.15, -0.1) is 6.42 Å². The Morgan fingerprint density at radius 3 is 2.80 bits per heavy atom. The Morgan fingerprint density at radius 1 is 1.35 bits per heavy atom. The van der Waals surface area contributed by atoms with Crippen LogP contribution in [0.2, 0.25) is 0 Å². The average molecular weight is 268 g/mol. The molecule has 1 aliphatic carbocycles. The van der Waals surface area contributed by atoms with E-state index in [1.54, 1.807) is 0 Å². The molecule has 3 heteroatoms. The number of terminal acetylenes is 1. The predicted molar refractivity (Wildman–Crippen MR) is 78.9 cm³/mol. The van der Waals surface area contributed by atoms with Gasteiger partial charge in [-0.3, -0.25) is 4.79 Å². The summed E-state index contributed by atoms with van der Waals surface area (Å²) in [5.41, 5.74) is 2.57. The van der Waals surface area contributed by atoms with Gasteiger partial charge in [-0.1, -0.05) is 30.2 Å². The second-order valence-corrected chi connectivity index (χ2v) is 5.77. The molecule has 0 spiro atoms. The van der Waals surface area contributed by atoms with E-state index in [0.29, 0.717) is 12.5 Å². The van der Waals surface area contributed by atoms with Crippen LogP contribution in [0, 0.1) is 18.3 Å². The summed E-state index contributed by atoms with van der Waals surface area (Å²) in [6.07, 6.45) is 8.63. The van der Waals surface area contributed by atoms with Gasteiger partial charge in [-0.05, 0) is 36.3 Å². The van der Waals surface area contributed by atoms with Crippen molar-refractivity contribution in [2.75, 3.05) is 13.1 Å². The summed E-state index contributed by atoms with van der Waals surface area (Å²) >= 11 is 0. The molecule has 0 aromatic heterocycles. The van der Waals surface area contributed by atoms with E-state index < -0.39 is 0 Å². The van der Waals surface area contributed by atoms with Crippen molar-refractivity contribution in [3.05, 3.63) is 35.4 Å². The molecule has 20 heavy (non-hydrogen) atoms. The third-order valence-electron chi connectivity index (χ3n) is 4.15. The largest absolute Gasteiger partial charge is 0.330 e. The Bertz CT molecular complexity index is 542. The lowest BCUT2D eigenvalue weighted by molar-refractivity contribution is -0.133. The van der Waals surface area contributed by atoms with Crippen molar-refractivity contribution in [2.45, 2.75) is 31.8 Å². The van der Waals surface area contributed by atoms with Crippen LogP contribution in [0.1, 0.15) is 24.0 Å². The predicted octanol–water partition coefficient (Wildman–Crippen LogP) is 1.57. The Kier molecular flexibility index (Phi) is 3.75. The molecular weight excluding hydrogens is 248 g/mol. The van der Waals surface area contributed by atoms with Gasteiger partial charge < -0.3 is 10.2 Å². The second kappa shape index (κ2) is 5.68. The van der Waals surface area contributed by atoms with E-state index in [2.05, 4.69) is 23.4 Å². The van der Waals surface area contributed by atoms with E-state index >= 15 is 0 Å². The minimum Gasteiger partial charge on any atom is -0.330 e. The van der Waals surface area contributed by atoms with E-state index in [0.717, 1.165) is 19.5 Å². The van der Waals surface area contributed by atoms with Crippen molar-refractivity contribution in [2.24, 2.45) is 5.92 Å². The molecule has 0 saturated heterocycles. The summed E-state index contributed by atoms with van der Waals surface area (Å²) in [7, 11) is 0. The fourth-order valence-corrected chi connectivity index (χ4v) is 2.80. The van der Waals surface area contributed by atoms with E-state index in [1.165, 1.54) is 24.0 Å². The highest BCUT2D eigenvalue weighted by Gasteiger charge is 2.31.